The standard InChI is InChI=1S/C19H26N2/c1-14(2)11-12-21-18-8-6-5-7-16(18)17-13-15(20(3)4)9-10-19(17)21/h5-8,11,15H,9-10,12-13H2,1-4H3. The summed E-state index contributed by atoms with van der Waals surface area (Å²) in [5, 5.41) is 1.46. The largest absolute Gasteiger partial charge is 0.340 e. The Morgan fingerprint density at radius 3 is 2.76 bits per heavy atom. The average Bonchev–Trinajstić information content (AvgIpc) is 2.78. The Balaban J connectivity index is 2.10. The number of rotatable bonds is 3. The van der Waals surface area contributed by atoms with Crippen molar-refractivity contribution in [1.82, 2.24) is 9.47 Å². The third-order valence-electron chi connectivity index (χ3n) is 4.76. The molecule has 0 aliphatic heterocycles. The first kappa shape index (κ1) is 14.4. The van der Waals surface area contributed by atoms with E-state index in [1.54, 1.807) is 11.3 Å². The van der Waals surface area contributed by atoms with Crippen LogP contribution in [0.1, 0.15) is 31.5 Å². The number of hydrogen-bond donors (Lipinski definition) is 0. The van der Waals surface area contributed by atoms with Gasteiger partial charge in [0.1, 0.15) is 0 Å². The Labute approximate surface area is 128 Å². The van der Waals surface area contributed by atoms with Crippen molar-refractivity contribution >= 4 is 10.9 Å². The van der Waals surface area contributed by atoms with Gasteiger partial charge in [0.2, 0.25) is 0 Å². The smallest absolute Gasteiger partial charge is 0.0488 e. The summed E-state index contributed by atoms with van der Waals surface area (Å²) in [6.45, 7) is 5.37. The molecule has 3 rings (SSSR count). The molecule has 1 aliphatic rings. The maximum atomic E-state index is 2.53. The maximum absolute atomic E-state index is 2.53. The molecular weight excluding hydrogens is 256 g/mol. The number of fused-ring (bicyclic) bond motifs is 3. The minimum atomic E-state index is 0.681. The molecule has 2 aromatic rings. The molecule has 0 N–H and O–H groups in total. The van der Waals surface area contributed by atoms with Gasteiger partial charge in [-0.15, -0.1) is 0 Å². The SMILES string of the molecule is CC(C)=CCn1c2c(c3ccccc31)CC(N(C)C)CC2. The molecule has 0 radical (unpaired) electrons. The normalized spacial score (nSPS) is 18.0. The monoisotopic (exact) mass is 282 g/mol. The Hall–Kier alpha value is -1.54. The van der Waals surface area contributed by atoms with Crippen molar-refractivity contribution in [2.75, 3.05) is 14.1 Å². The summed E-state index contributed by atoms with van der Waals surface area (Å²) in [6, 6.07) is 9.59. The summed E-state index contributed by atoms with van der Waals surface area (Å²) in [5.41, 5.74) is 5.94. The number of para-hydroxylation sites is 1. The van der Waals surface area contributed by atoms with E-state index in [0.717, 1.165) is 6.54 Å². The lowest BCUT2D eigenvalue weighted by atomic mass is 9.91. The number of aromatic nitrogens is 1. The molecular formula is C19H26N2. The van der Waals surface area contributed by atoms with Crippen LogP contribution in [0.4, 0.5) is 0 Å². The second-order valence-electron chi connectivity index (χ2n) is 6.69. The molecule has 1 atom stereocenters. The third-order valence-corrected chi connectivity index (χ3v) is 4.76. The molecule has 0 bridgehead atoms. The first-order valence-electron chi connectivity index (χ1n) is 7.96. The number of allylic oxidation sites excluding steroid dienone is 2. The highest BCUT2D eigenvalue weighted by Crippen LogP contribution is 2.33. The summed E-state index contributed by atoms with van der Waals surface area (Å²) < 4.78 is 2.53. The van der Waals surface area contributed by atoms with Gasteiger partial charge >= 0.3 is 0 Å². The van der Waals surface area contributed by atoms with Gasteiger partial charge in [-0.25, -0.2) is 0 Å². The lowest BCUT2D eigenvalue weighted by Gasteiger charge is -2.29. The van der Waals surface area contributed by atoms with Gasteiger partial charge in [-0.05, 0) is 58.8 Å². The molecule has 0 fully saturated rings. The van der Waals surface area contributed by atoms with Crippen LogP contribution in [0.25, 0.3) is 10.9 Å². The van der Waals surface area contributed by atoms with Gasteiger partial charge in [-0.3, -0.25) is 0 Å². The summed E-state index contributed by atoms with van der Waals surface area (Å²) in [5.74, 6) is 0. The van der Waals surface area contributed by atoms with E-state index in [-0.39, 0.29) is 0 Å². The molecule has 1 aromatic carbocycles. The molecule has 2 heteroatoms. The first-order chi connectivity index (χ1) is 10.1. The van der Waals surface area contributed by atoms with Crippen molar-refractivity contribution in [3.63, 3.8) is 0 Å². The second kappa shape index (κ2) is 5.69. The molecule has 1 unspecified atom stereocenters. The van der Waals surface area contributed by atoms with Crippen LogP contribution in [0, 0.1) is 0 Å². The number of likely N-dealkylation sites (N-methyl/N-ethyl adjacent to an activating group) is 1. The van der Waals surface area contributed by atoms with Crippen LogP contribution in [0.2, 0.25) is 0 Å². The molecule has 0 amide bonds. The Kier molecular flexibility index (Phi) is 3.90. The Morgan fingerprint density at radius 2 is 2.05 bits per heavy atom. The summed E-state index contributed by atoms with van der Waals surface area (Å²) in [7, 11) is 4.41. The van der Waals surface area contributed by atoms with Crippen LogP contribution in [0.5, 0.6) is 0 Å². The molecule has 0 saturated heterocycles. The summed E-state index contributed by atoms with van der Waals surface area (Å²) in [6.07, 6.45) is 5.99. The number of nitrogens with zero attached hydrogens (tertiary/aromatic N) is 2. The second-order valence-corrected chi connectivity index (χ2v) is 6.69. The lowest BCUT2D eigenvalue weighted by Crippen LogP contribution is -2.33. The highest BCUT2D eigenvalue weighted by Gasteiger charge is 2.25. The van der Waals surface area contributed by atoms with Gasteiger partial charge in [-0.1, -0.05) is 29.8 Å². The topological polar surface area (TPSA) is 8.17 Å². The van der Waals surface area contributed by atoms with Gasteiger partial charge < -0.3 is 9.47 Å². The van der Waals surface area contributed by atoms with Crippen LogP contribution in [0.3, 0.4) is 0 Å². The molecule has 0 saturated carbocycles. The van der Waals surface area contributed by atoms with Gasteiger partial charge in [0, 0.05) is 29.2 Å². The molecule has 0 spiro atoms. The summed E-state index contributed by atoms with van der Waals surface area (Å²) in [4.78, 5) is 2.38. The van der Waals surface area contributed by atoms with Crippen LogP contribution in [0.15, 0.2) is 35.9 Å². The van der Waals surface area contributed by atoms with E-state index in [1.165, 1.54) is 35.7 Å². The quantitative estimate of drug-likeness (QED) is 0.772. The summed E-state index contributed by atoms with van der Waals surface area (Å²) >= 11 is 0. The lowest BCUT2D eigenvalue weighted by molar-refractivity contribution is 0.267. The number of hydrogen-bond acceptors (Lipinski definition) is 1. The maximum Gasteiger partial charge on any atom is 0.0488 e. The van der Waals surface area contributed by atoms with Crippen molar-refractivity contribution in [2.45, 2.75) is 45.7 Å². The molecule has 2 nitrogen and oxygen atoms in total. The molecule has 1 heterocycles. The first-order valence-corrected chi connectivity index (χ1v) is 7.96. The van der Waals surface area contributed by atoms with E-state index < -0.39 is 0 Å². The highest BCUT2D eigenvalue weighted by molar-refractivity contribution is 5.86. The van der Waals surface area contributed by atoms with Crippen LogP contribution >= 0.6 is 0 Å². The van der Waals surface area contributed by atoms with Crippen LogP contribution in [-0.4, -0.2) is 29.6 Å². The van der Waals surface area contributed by atoms with E-state index in [2.05, 4.69) is 67.8 Å². The van der Waals surface area contributed by atoms with E-state index in [4.69, 9.17) is 0 Å². The molecule has 1 aromatic heterocycles. The van der Waals surface area contributed by atoms with Crippen molar-refractivity contribution < 1.29 is 0 Å². The fourth-order valence-corrected chi connectivity index (χ4v) is 3.51. The third kappa shape index (κ3) is 2.65. The fourth-order valence-electron chi connectivity index (χ4n) is 3.51. The predicted octanol–water partition coefficient (Wildman–Crippen LogP) is 4.03. The zero-order valence-corrected chi connectivity index (χ0v) is 13.7. The van der Waals surface area contributed by atoms with E-state index >= 15 is 0 Å². The zero-order chi connectivity index (χ0) is 15.0. The van der Waals surface area contributed by atoms with E-state index in [1.807, 2.05) is 0 Å². The fraction of sp³-hybridized carbons (Fsp3) is 0.474. The van der Waals surface area contributed by atoms with Gasteiger partial charge in [0.15, 0.2) is 0 Å². The zero-order valence-electron chi connectivity index (χ0n) is 13.7. The minimum Gasteiger partial charge on any atom is -0.340 e. The van der Waals surface area contributed by atoms with Crippen molar-refractivity contribution in [3.05, 3.63) is 47.2 Å². The predicted molar refractivity (Wildman–Crippen MR) is 90.9 cm³/mol. The Morgan fingerprint density at radius 1 is 1.29 bits per heavy atom. The van der Waals surface area contributed by atoms with Gasteiger partial charge in [0.05, 0.1) is 0 Å². The average molecular weight is 282 g/mol. The van der Waals surface area contributed by atoms with Gasteiger partial charge in [0.25, 0.3) is 0 Å². The van der Waals surface area contributed by atoms with Crippen molar-refractivity contribution in [3.8, 4) is 0 Å². The minimum absolute atomic E-state index is 0.681. The molecule has 21 heavy (non-hydrogen) atoms. The molecule has 1 aliphatic carbocycles. The van der Waals surface area contributed by atoms with E-state index in [0.29, 0.717) is 6.04 Å². The highest BCUT2D eigenvalue weighted by atomic mass is 15.1. The van der Waals surface area contributed by atoms with E-state index in [9.17, 15) is 0 Å². The van der Waals surface area contributed by atoms with Crippen molar-refractivity contribution in [1.29, 1.82) is 0 Å². The van der Waals surface area contributed by atoms with Crippen LogP contribution < -0.4 is 0 Å². The Bertz CT molecular complexity index is 672. The number of benzene rings is 1. The van der Waals surface area contributed by atoms with Crippen molar-refractivity contribution in [2.24, 2.45) is 0 Å². The van der Waals surface area contributed by atoms with Crippen LogP contribution in [-0.2, 0) is 19.4 Å². The molecule has 112 valence electrons. The van der Waals surface area contributed by atoms with Gasteiger partial charge in [-0.2, -0.15) is 0 Å².